The van der Waals surface area contributed by atoms with Crippen molar-refractivity contribution in [3.8, 4) is 11.4 Å². The number of nitrogens with two attached hydrogens (primary N) is 1. The number of alkyl halides is 3. The van der Waals surface area contributed by atoms with Gasteiger partial charge in [-0.2, -0.15) is 13.2 Å². The number of imidazole rings is 1. The van der Waals surface area contributed by atoms with Crippen molar-refractivity contribution in [3.05, 3.63) is 36.2 Å². The first-order valence-electron chi connectivity index (χ1n) is 5.42. The number of benzene rings is 1. The Balaban J connectivity index is 2.50. The molecule has 6 heteroatoms. The van der Waals surface area contributed by atoms with Crippen LogP contribution in [0, 0.1) is 0 Å². The summed E-state index contributed by atoms with van der Waals surface area (Å²) in [6.45, 7) is 2.19. The summed E-state index contributed by atoms with van der Waals surface area (Å²) in [5.41, 5.74) is 5.84. The molecule has 1 aromatic carbocycles. The van der Waals surface area contributed by atoms with Gasteiger partial charge < -0.3 is 10.3 Å². The van der Waals surface area contributed by atoms with Crippen LogP contribution in [0.3, 0.4) is 0 Å². The Morgan fingerprint density at radius 3 is 2.33 bits per heavy atom. The van der Waals surface area contributed by atoms with Gasteiger partial charge in [-0.3, -0.25) is 0 Å². The maximum absolute atomic E-state index is 12.6. The van der Waals surface area contributed by atoms with Crippen LogP contribution in [0.5, 0.6) is 0 Å². The third-order valence-corrected chi connectivity index (χ3v) is 2.58. The van der Waals surface area contributed by atoms with E-state index in [0.29, 0.717) is 23.6 Å². The zero-order valence-electron chi connectivity index (χ0n) is 9.70. The van der Waals surface area contributed by atoms with Gasteiger partial charge in [0.1, 0.15) is 5.82 Å². The van der Waals surface area contributed by atoms with Gasteiger partial charge in [-0.15, -0.1) is 0 Å². The van der Waals surface area contributed by atoms with Crippen LogP contribution in [0.4, 0.5) is 18.9 Å². The summed E-state index contributed by atoms with van der Waals surface area (Å²) >= 11 is 0. The molecule has 2 N–H and O–H groups in total. The molecule has 3 nitrogen and oxygen atoms in total. The quantitative estimate of drug-likeness (QED) is 0.837. The average molecular weight is 255 g/mol. The molecule has 1 aromatic heterocycles. The van der Waals surface area contributed by atoms with Crippen LogP contribution < -0.4 is 5.73 Å². The topological polar surface area (TPSA) is 43.8 Å². The molecule has 0 amide bonds. The van der Waals surface area contributed by atoms with E-state index in [-0.39, 0.29) is 0 Å². The van der Waals surface area contributed by atoms with Crippen molar-refractivity contribution in [1.82, 2.24) is 9.55 Å². The zero-order chi connectivity index (χ0) is 13.3. The van der Waals surface area contributed by atoms with Gasteiger partial charge in [-0.1, -0.05) is 0 Å². The van der Waals surface area contributed by atoms with Crippen molar-refractivity contribution >= 4 is 5.69 Å². The summed E-state index contributed by atoms with van der Waals surface area (Å²) in [6, 6.07) is 6.59. The number of anilines is 1. The van der Waals surface area contributed by atoms with Crippen molar-refractivity contribution < 1.29 is 13.2 Å². The van der Waals surface area contributed by atoms with Crippen LogP contribution >= 0.6 is 0 Å². The Bertz CT molecular complexity index is 541. The Labute approximate surface area is 102 Å². The lowest BCUT2D eigenvalue weighted by Gasteiger charge is -2.04. The summed E-state index contributed by atoms with van der Waals surface area (Å²) in [7, 11) is 0. The van der Waals surface area contributed by atoms with Gasteiger partial charge >= 0.3 is 6.18 Å². The maximum atomic E-state index is 12.6. The number of halogens is 3. The normalized spacial score (nSPS) is 11.8. The predicted octanol–water partition coefficient (Wildman–Crippen LogP) is 3.17. The minimum atomic E-state index is -4.43. The first-order valence-corrected chi connectivity index (χ1v) is 5.42. The number of hydrogen-bond acceptors (Lipinski definition) is 2. The van der Waals surface area contributed by atoms with E-state index < -0.39 is 11.9 Å². The molecule has 96 valence electrons. The zero-order valence-corrected chi connectivity index (χ0v) is 9.70. The third kappa shape index (κ3) is 2.32. The van der Waals surface area contributed by atoms with E-state index in [9.17, 15) is 13.2 Å². The number of aryl methyl sites for hydroxylation is 1. The molecule has 2 rings (SSSR count). The fourth-order valence-electron chi connectivity index (χ4n) is 1.66. The van der Waals surface area contributed by atoms with E-state index in [1.807, 2.05) is 0 Å². The smallest absolute Gasteiger partial charge is 0.399 e. The van der Waals surface area contributed by atoms with Crippen LogP contribution in [0.25, 0.3) is 11.4 Å². The van der Waals surface area contributed by atoms with Gasteiger partial charge in [0.2, 0.25) is 0 Å². The molecule has 0 bridgehead atoms. The van der Waals surface area contributed by atoms with Crippen molar-refractivity contribution in [1.29, 1.82) is 0 Å². The minimum Gasteiger partial charge on any atom is -0.399 e. The monoisotopic (exact) mass is 255 g/mol. The van der Waals surface area contributed by atoms with Gasteiger partial charge in [0.05, 0.1) is 0 Å². The Kier molecular flexibility index (Phi) is 3.02. The van der Waals surface area contributed by atoms with Crippen LogP contribution in [0.2, 0.25) is 0 Å². The fraction of sp³-hybridized carbons (Fsp3) is 0.250. The predicted molar refractivity (Wildman–Crippen MR) is 62.8 cm³/mol. The van der Waals surface area contributed by atoms with Gasteiger partial charge in [0.15, 0.2) is 5.69 Å². The number of nitrogen functional groups attached to an aromatic ring is 1. The first kappa shape index (κ1) is 12.5. The Morgan fingerprint density at radius 2 is 1.83 bits per heavy atom. The number of aromatic nitrogens is 2. The summed E-state index contributed by atoms with van der Waals surface area (Å²) in [4.78, 5) is 3.65. The molecule has 0 aliphatic heterocycles. The second kappa shape index (κ2) is 4.36. The minimum absolute atomic E-state index is 0.296. The van der Waals surface area contributed by atoms with Gasteiger partial charge in [-0.25, -0.2) is 4.98 Å². The highest BCUT2D eigenvalue weighted by molar-refractivity contribution is 5.59. The van der Waals surface area contributed by atoms with Gasteiger partial charge in [-0.05, 0) is 31.2 Å². The highest BCUT2D eigenvalue weighted by Crippen LogP contribution is 2.31. The molecule has 18 heavy (non-hydrogen) atoms. The first-order chi connectivity index (χ1) is 8.41. The largest absolute Gasteiger partial charge is 0.434 e. The summed E-state index contributed by atoms with van der Waals surface area (Å²) in [6.07, 6.45) is -3.41. The van der Waals surface area contributed by atoms with Crippen LogP contribution in [-0.4, -0.2) is 9.55 Å². The summed E-state index contributed by atoms with van der Waals surface area (Å²) in [5, 5.41) is 0. The second-order valence-corrected chi connectivity index (χ2v) is 3.86. The van der Waals surface area contributed by atoms with Crippen LogP contribution in [0.15, 0.2) is 30.5 Å². The van der Waals surface area contributed by atoms with E-state index in [1.165, 1.54) is 4.57 Å². The van der Waals surface area contributed by atoms with E-state index in [2.05, 4.69) is 4.98 Å². The Morgan fingerprint density at radius 1 is 1.22 bits per heavy atom. The molecule has 0 spiro atoms. The van der Waals surface area contributed by atoms with Crippen molar-refractivity contribution in [2.45, 2.75) is 19.6 Å². The Hall–Kier alpha value is -1.98. The SMILES string of the molecule is CCn1cc(C(F)(F)F)nc1-c1ccc(N)cc1. The molecule has 1 heterocycles. The van der Waals surface area contributed by atoms with Crippen LogP contribution in [-0.2, 0) is 12.7 Å². The van der Waals surface area contributed by atoms with Crippen molar-refractivity contribution in [3.63, 3.8) is 0 Å². The van der Waals surface area contributed by atoms with E-state index in [1.54, 1.807) is 31.2 Å². The van der Waals surface area contributed by atoms with Gasteiger partial charge in [0.25, 0.3) is 0 Å². The number of nitrogens with zero attached hydrogens (tertiary/aromatic N) is 2. The molecule has 0 aliphatic carbocycles. The molecular weight excluding hydrogens is 243 g/mol. The lowest BCUT2D eigenvalue weighted by atomic mass is 10.2. The average Bonchev–Trinajstić information content (AvgIpc) is 2.73. The highest BCUT2D eigenvalue weighted by Gasteiger charge is 2.34. The lowest BCUT2D eigenvalue weighted by Crippen LogP contribution is -2.05. The number of hydrogen-bond donors (Lipinski definition) is 1. The van der Waals surface area contributed by atoms with Crippen molar-refractivity contribution in [2.75, 3.05) is 5.73 Å². The molecule has 0 atom stereocenters. The van der Waals surface area contributed by atoms with Crippen LogP contribution in [0.1, 0.15) is 12.6 Å². The second-order valence-electron chi connectivity index (χ2n) is 3.86. The molecule has 0 aliphatic rings. The molecule has 0 unspecified atom stereocenters. The molecular formula is C12H12F3N3. The molecule has 0 saturated carbocycles. The van der Waals surface area contributed by atoms with E-state index >= 15 is 0 Å². The third-order valence-electron chi connectivity index (χ3n) is 2.58. The number of rotatable bonds is 2. The maximum Gasteiger partial charge on any atom is 0.434 e. The standard InChI is InChI=1S/C12H12F3N3/c1-2-18-7-10(12(13,14)15)17-11(18)8-3-5-9(16)6-4-8/h3-7H,2,16H2,1H3. The molecule has 0 fully saturated rings. The molecule has 2 aromatic rings. The van der Waals surface area contributed by atoms with Crippen molar-refractivity contribution in [2.24, 2.45) is 0 Å². The summed E-state index contributed by atoms with van der Waals surface area (Å²) < 4.78 is 39.3. The lowest BCUT2D eigenvalue weighted by molar-refractivity contribution is -0.140. The van der Waals surface area contributed by atoms with E-state index in [0.717, 1.165) is 6.20 Å². The summed E-state index contributed by atoms with van der Waals surface area (Å²) in [5.74, 6) is 0.296. The fourth-order valence-corrected chi connectivity index (χ4v) is 1.66. The molecule has 0 radical (unpaired) electrons. The highest BCUT2D eigenvalue weighted by atomic mass is 19.4. The molecule has 0 saturated heterocycles. The van der Waals surface area contributed by atoms with Gasteiger partial charge in [0, 0.05) is 24.0 Å². The van der Waals surface area contributed by atoms with E-state index in [4.69, 9.17) is 5.73 Å².